The summed E-state index contributed by atoms with van der Waals surface area (Å²) in [6, 6.07) is 36.6. The third kappa shape index (κ3) is 3.59. The van der Waals surface area contributed by atoms with Crippen LogP contribution in [0.1, 0.15) is 34.0 Å². The molecule has 0 bridgehead atoms. The second-order valence-corrected chi connectivity index (χ2v) is 9.15. The molecule has 1 saturated heterocycles. The van der Waals surface area contributed by atoms with Gasteiger partial charge >= 0.3 is 0 Å². The highest BCUT2D eigenvalue weighted by Crippen LogP contribution is 2.52. The number of fused-ring (bicyclic) bond motifs is 1. The molecular weight excluding hydrogens is 462 g/mol. The standard InChI is InChI=1S/C32H23NO4/c34-28-27-29(23-15-7-2-8-16-23)37-26(22-13-5-1-6-14-22)21-32(27,30(35)24-17-9-3-10-18-24)33(31(28)36)25-19-11-4-12-20-25/h1-20,26H,21H2. The molecule has 0 N–H and O–H groups in total. The van der Waals surface area contributed by atoms with Gasteiger partial charge in [0.15, 0.2) is 5.78 Å². The average molecular weight is 486 g/mol. The molecule has 37 heavy (non-hydrogen) atoms. The second-order valence-electron chi connectivity index (χ2n) is 9.15. The Morgan fingerprint density at radius 2 is 1.27 bits per heavy atom. The van der Waals surface area contributed by atoms with Crippen molar-refractivity contribution in [1.29, 1.82) is 0 Å². The Morgan fingerprint density at radius 3 is 1.89 bits per heavy atom. The van der Waals surface area contributed by atoms with Gasteiger partial charge in [0.1, 0.15) is 17.4 Å². The van der Waals surface area contributed by atoms with Crippen molar-refractivity contribution in [3.8, 4) is 0 Å². The molecule has 2 atom stereocenters. The minimum atomic E-state index is -1.58. The van der Waals surface area contributed by atoms with Crippen molar-refractivity contribution in [2.45, 2.75) is 18.1 Å². The third-order valence-electron chi connectivity index (χ3n) is 7.02. The molecule has 4 aromatic carbocycles. The summed E-state index contributed by atoms with van der Waals surface area (Å²) >= 11 is 0. The highest BCUT2D eigenvalue weighted by Gasteiger charge is 2.64. The molecule has 5 nitrogen and oxygen atoms in total. The number of benzene rings is 4. The molecule has 4 aromatic rings. The molecule has 0 spiro atoms. The van der Waals surface area contributed by atoms with Gasteiger partial charge in [0.05, 0.1) is 5.57 Å². The van der Waals surface area contributed by atoms with E-state index < -0.39 is 23.3 Å². The number of anilines is 1. The SMILES string of the molecule is O=C1C(=O)N(c2ccccc2)C2(C(=O)c3ccccc3)CC(c3ccccc3)OC(c3ccccc3)=C12. The van der Waals surface area contributed by atoms with Crippen LogP contribution < -0.4 is 4.90 Å². The predicted molar refractivity (Wildman–Crippen MR) is 141 cm³/mol. The van der Waals surface area contributed by atoms with E-state index in [9.17, 15) is 14.4 Å². The maximum absolute atomic E-state index is 14.6. The molecule has 5 heteroatoms. The summed E-state index contributed by atoms with van der Waals surface area (Å²) < 4.78 is 6.51. The number of nitrogens with zero attached hydrogens (tertiary/aromatic N) is 1. The normalized spacial score (nSPS) is 21.0. The van der Waals surface area contributed by atoms with Crippen molar-refractivity contribution in [3.05, 3.63) is 144 Å². The number of para-hydroxylation sites is 1. The zero-order valence-corrected chi connectivity index (χ0v) is 19.9. The summed E-state index contributed by atoms with van der Waals surface area (Å²) in [4.78, 5) is 43.6. The first-order valence-corrected chi connectivity index (χ1v) is 12.2. The van der Waals surface area contributed by atoms with Crippen molar-refractivity contribution in [2.24, 2.45) is 0 Å². The van der Waals surface area contributed by atoms with Gasteiger partial charge in [-0.1, -0.05) is 109 Å². The molecule has 0 aromatic heterocycles. The van der Waals surface area contributed by atoms with E-state index in [1.807, 2.05) is 72.8 Å². The van der Waals surface area contributed by atoms with Crippen molar-refractivity contribution >= 4 is 28.9 Å². The number of ketones is 2. The van der Waals surface area contributed by atoms with E-state index in [0.29, 0.717) is 16.8 Å². The Bertz CT molecular complexity index is 1510. The summed E-state index contributed by atoms with van der Waals surface area (Å²) in [6.07, 6.45) is -0.472. The fraction of sp³-hybridized carbons (Fsp3) is 0.0938. The van der Waals surface area contributed by atoms with Crippen LogP contribution in [0.15, 0.2) is 127 Å². The van der Waals surface area contributed by atoms with Crippen LogP contribution in [-0.2, 0) is 14.3 Å². The Balaban J connectivity index is 1.69. The number of carbonyl (C=O) groups is 3. The number of amides is 1. The zero-order chi connectivity index (χ0) is 25.4. The molecular formula is C32H23NO4. The molecule has 2 heterocycles. The van der Waals surface area contributed by atoms with E-state index in [0.717, 1.165) is 5.56 Å². The van der Waals surface area contributed by atoms with Crippen LogP contribution in [0.4, 0.5) is 5.69 Å². The molecule has 0 radical (unpaired) electrons. The predicted octanol–water partition coefficient (Wildman–Crippen LogP) is 5.80. The van der Waals surface area contributed by atoms with E-state index >= 15 is 0 Å². The average Bonchev–Trinajstić information content (AvgIpc) is 3.20. The molecule has 2 unspecified atom stereocenters. The van der Waals surface area contributed by atoms with Crippen LogP contribution in [0.5, 0.6) is 0 Å². The highest BCUT2D eigenvalue weighted by molar-refractivity contribution is 6.55. The van der Waals surface area contributed by atoms with Crippen LogP contribution in [0.25, 0.3) is 5.76 Å². The van der Waals surface area contributed by atoms with E-state index in [2.05, 4.69) is 0 Å². The number of rotatable bonds is 5. The van der Waals surface area contributed by atoms with Crippen molar-refractivity contribution < 1.29 is 19.1 Å². The Kier molecular flexibility index (Phi) is 5.53. The topological polar surface area (TPSA) is 63.7 Å². The van der Waals surface area contributed by atoms with E-state index in [1.54, 1.807) is 48.5 Å². The maximum Gasteiger partial charge on any atom is 0.300 e. The molecule has 1 amide bonds. The van der Waals surface area contributed by atoms with Crippen LogP contribution in [0.3, 0.4) is 0 Å². The Hall–Kier alpha value is -4.77. The summed E-state index contributed by atoms with van der Waals surface area (Å²) in [6.45, 7) is 0. The van der Waals surface area contributed by atoms with Gasteiger partial charge in [-0.25, -0.2) is 0 Å². The highest BCUT2D eigenvalue weighted by atomic mass is 16.5. The minimum absolute atomic E-state index is 0.0913. The van der Waals surface area contributed by atoms with Gasteiger partial charge in [-0.3, -0.25) is 19.3 Å². The summed E-state index contributed by atoms with van der Waals surface area (Å²) in [7, 11) is 0. The quantitative estimate of drug-likeness (QED) is 0.265. The lowest BCUT2D eigenvalue weighted by Gasteiger charge is -2.43. The lowest BCUT2D eigenvalue weighted by atomic mass is 9.74. The van der Waals surface area contributed by atoms with Crippen molar-refractivity contribution in [2.75, 3.05) is 4.90 Å². The maximum atomic E-state index is 14.6. The third-order valence-corrected chi connectivity index (χ3v) is 7.02. The summed E-state index contributed by atoms with van der Waals surface area (Å²) in [5.41, 5.74) is 0.912. The van der Waals surface area contributed by atoms with Gasteiger partial charge in [-0.05, 0) is 17.7 Å². The van der Waals surface area contributed by atoms with Gasteiger partial charge in [-0.15, -0.1) is 0 Å². The van der Waals surface area contributed by atoms with E-state index in [-0.39, 0.29) is 23.5 Å². The monoisotopic (exact) mass is 485 g/mol. The van der Waals surface area contributed by atoms with Gasteiger partial charge in [0.2, 0.25) is 0 Å². The minimum Gasteiger partial charge on any atom is -0.484 e. The molecule has 2 aliphatic rings. The number of hydrogen-bond acceptors (Lipinski definition) is 4. The summed E-state index contributed by atoms with van der Waals surface area (Å²) in [5.74, 6) is -1.51. The van der Waals surface area contributed by atoms with Gasteiger partial charge in [0, 0.05) is 23.2 Å². The fourth-order valence-corrected chi connectivity index (χ4v) is 5.38. The summed E-state index contributed by atoms with van der Waals surface area (Å²) in [5, 5.41) is 0. The first-order valence-electron chi connectivity index (χ1n) is 12.2. The van der Waals surface area contributed by atoms with E-state index in [4.69, 9.17) is 4.74 Å². The van der Waals surface area contributed by atoms with Crippen molar-refractivity contribution in [3.63, 3.8) is 0 Å². The van der Waals surface area contributed by atoms with Crippen LogP contribution in [-0.4, -0.2) is 23.0 Å². The Labute approximate surface area is 214 Å². The van der Waals surface area contributed by atoms with Crippen LogP contribution >= 0.6 is 0 Å². The number of Topliss-reactive ketones (excluding diaryl/α,β-unsaturated/α-hetero) is 2. The Morgan fingerprint density at radius 1 is 0.730 bits per heavy atom. The lowest BCUT2D eigenvalue weighted by molar-refractivity contribution is -0.132. The van der Waals surface area contributed by atoms with Crippen LogP contribution in [0, 0.1) is 0 Å². The molecule has 0 saturated carbocycles. The molecule has 180 valence electrons. The van der Waals surface area contributed by atoms with Gasteiger partial charge in [-0.2, -0.15) is 0 Å². The lowest BCUT2D eigenvalue weighted by Crippen LogP contribution is -2.55. The first-order chi connectivity index (χ1) is 18.1. The zero-order valence-electron chi connectivity index (χ0n) is 19.9. The smallest absolute Gasteiger partial charge is 0.300 e. The molecule has 0 aliphatic carbocycles. The fourth-order valence-electron chi connectivity index (χ4n) is 5.38. The van der Waals surface area contributed by atoms with Crippen LogP contribution in [0.2, 0.25) is 0 Å². The van der Waals surface area contributed by atoms with Gasteiger partial charge < -0.3 is 4.74 Å². The first kappa shape index (κ1) is 22.7. The van der Waals surface area contributed by atoms with Gasteiger partial charge in [0.25, 0.3) is 11.7 Å². The molecule has 1 fully saturated rings. The number of ether oxygens (including phenoxy) is 1. The largest absolute Gasteiger partial charge is 0.484 e. The second kappa shape index (κ2) is 9.03. The van der Waals surface area contributed by atoms with Crippen molar-refractivity contribution in [1.82, 2.24) is 0 Å². The number of hydrogen-bond donors (Lipinski definition) is 0. The number of carbonyl (C=O) groups excluding carboxylic acids is 3. The van der Waals surface area contributed by atoms with E-state index in [1.165, 1.54) is 4.90 Å². The molecule has 2 aliphatic heterocycles. The molecule has 6 rings (SSSR count).